The van der Waals surface area contributed by atoms with Crippen LogP contribution < -0.4 is 15.4 Å². The van der Waals surface area contributed by atoms with Crippen molar-refractivity contribution < 1.29 is 13.5 Å². The van der Waals surface area contributed by atoms with Crippen molar-refractivity contribution in [3.05, 3.63) is 54.2 Å². The molecule has 0 saturated carbocycles. The first-order valence-electron chi connectivity index (χ1n) is 7.06. The monoisotopic (exact) mass is 305 g/mol. The number of nitrogens with zero attached hydrogens (tertiary/aromatic N) is 1. The first-order valence-corrected chi connectivity index (χ1v) is 7.06. The summed E-state index contributed by atoms with van der Waals surface area (Å²) in [5, 5.41) is 6.30. The number of ether oxygens (including phenoxy) is 1. The molecule has 2 aromatic rings. The second-order valence-corrected chi connectivity index (χ2v) is 4.77. The number of hydrogen-bond donors (Lipinski definition) is 2. The first kappa shape index (κ1) is 15.9. The molecule has 0 fully saturated rings. The molecule has 5 nitrogen and oxygen atoms in total. The topological polar surface area (TPSA) is 58.8 Å². The van der Waals surface area contributed by atoms with Crippen molar-refractivity contribution in [2.24, 2.45) is 4.99 Å². The predicted octanol–water partition coefficient (Wildman–Crippen LogP) is 2.55. The van der Waals surface area contributed by atoms with E-state index in [1.165, 1.54) is 12.1 Å². The smallest absolute Gasteiger partial charge is 0.191 e. The number of rotatable bonds is 6. The van der Waals surface area contributed by atoms with Gasteiger partial charge in [-0.1, -0.05) is 0 Å². The van der Waals surface area contributed by atoms with E-state index in [2.05, 4.69) is 15.6 Å². The Hall–Kier alpha value is -2.50. The zero-order valence-corrected chi connectivity index (χ0v) is 12.7. The van der Waals surface area contributed by atoms with E-state index in [9.17, 15) is 4.39 Å². The molecule has 0 aliphatic carbocycles. The molecule has 6 heteroatoms. The molecule has 1 atom stereocenters. The Balaban J connectivity index is 1.73. The Labute approximate surface area is 129 Å². The van der Waals surface area contributed by atoms with Gasteiger partial charge in [-0.3, -0.25) is 4.99 Å². The number of benzene rings is 1. The maximum atomic E-state index is 12.8. The molecule has 1 aromatic carbocycles. The average molecular weight is 305 g/mol. The summed E-state index contributed by atoms with van der Waals surface area (Å²) in [4.78, 5) is 4.13. The van der Waals surface area contributed by atoms with Crippen LogP contribution in [-0.2, 0) is 6.54 Å². The fourth-order valence-electron chi connectivity index (χ4n) is 1.83. The molecular weight excluding hydrogens is 285 g/mol. The largest absolute Gasteiger partial charge is 0.489 e. The van der Waals surface area contributed by atoms with E-state index in [-0.39, 0.29) is 11.9 Å². The summed E-state index contributed by atoms with van der Waals surface area (Å²) in [5.41, 5.74) is 0. The van der Waals surface area contributed by atoms with Gasteiger partial charge in [0.2, 0.25) is 0 Å². The fraction of sp³-hybridized carbons (Fsp3) is 0.312. The van der Waals surface area contributed by atoms with Gasteiger partial charge >= 0.3 is 0 Å². The number of furan rings is 1. The predicted molar refractivity (Wildman–Crippen MR) is 83.4 cm³/mol. The van der Waals surface area contributed by atoms with Crippen LogP contribution in [0.5, 0.6) is 5.75 Å². The highest BCUT2D eigenvalue weighted by Gasteiger charge is 2.06. The molecule has 0 saturated heterocycles. The third-order valence-corrected chi connectivity index (χ3v) is 2.94. The first-order chi connectivity index (χ1) is 10.7. The van der Waals surface area contributed by atoms with Crippen LogP contribution in [0.2, 0.25) is 0 Å². The Morgan fingerprint density at radius 1 is 1.27 bits per heavy atom. The summed E-state index contributed by atoms with van der Waals surface area (Å²) in [7, 11) is 1.70. The van der Waals surface area contributed by atoms with Gasteiger partial charge in [0, 0.05) is 7.05 Å². The minimum Gasteiger partial charge on any atom is -0.489 e. The number of hydrogen-bond acceptors (Lipinski definition) is 3. The third kappa shape index (κ3) is 5.12. The van der Waals surface area contributed by atoms with Crippen molar-refractivity contribution in [2.45, 2.75) is 19.6 Å². The maximum Gasteiger partial charge on any atom is 0.191 e. The van der Waals surface area contributed by atoms with Gasteiger partial charge in [-0.2, -0.15) is 0 Å². The lowest BCUT2D eigenvalue weighted by Crippen LogP contribution is -2.41. The number of halogens is 1. The van der Waals surface area contributed by atoms with Crippen LogP contribution >= 0.6 is 0 Å². The molecule has 0 amide bonds. The van der Waals surface area contributed by atoms with Crippen molar-refractivity contribution in [2.75, 3.05) is 13.6 Å². The molecule has 2 rings (SSSR count). The number of nitrogens with one attached hydrogen (secondary N) is 2. The van der Waals surface area contributed by atoms with Crippen LogP contribution in [0, 0.1) is 5.82 Å². The van der Waals surface area contributed by atoms with Crippen molar-refractivity contribution in [3.63, 3.8) is 0 Å². The van der Waals surface area contributed by atoms with E-state index in [4.69, 9.17) is 9.15 Å². The molecular formula is C16H20FN3O2. The fourth-order valence-corrected chi connectivity index (χ4v) is 1.83. The number of guanidine groups is 1. The average Bonchev–Trinajstić information content (AvgIpc) is 3.03. The Bertz CT molecular complexity index is 582. The summed E-state index contributed by atoms with van der Waals surface area (Å²) < 4.78 is 23.8. The van der Waals surface area contributed by atoms with E-state index in [0.717, 1.165) is 5.76 Å². The minimum absolute atomic E-state index is 0.0902. The molecule has 1 aromatic heterocycles. The molecule has 22 heavy (non-hydrogen) atoms. The molecule has 0 radical (unpaired) electrons. The molecule has 0 bridgehead atoms. The van der Waals surface area contributed by atoms with Crippen LogP contribution in [0.4, 0.5) is 4.39 Å². The third-order valence-electron chi connectivity index (χ3n) is 2.94. The van der Waals surface area contributed by atoms with Gasteiger partial charge in [-0.25, -0.2) is 4.39 Å². The molecule has 0 spiro atoms. The van der Waals surface area contributed by atoms with Gasteiger partial charge < -0.3 is 19.8 Å². The van der Waals surface area contributed by atoms with Gasteiger partial charge in [0.05, 0.1) is 19.4 Å². The van der Waals surface area contributed by atoms with Crippen molar-refractivity contribution in [1.29, 1.82) is 0 Å². The summed E-state index contributed by atoms with van der Waals surface area (Å²) in [6.07, 6.45) is 1.54. The maximum absolute atomic E-state index is 12.8. The highest BCUT2D eigenvalue weighted by Crippen LogP contribution is 2.12. The van der Waals surface area contributed by atoms with E-state index >= 15 is 0 Å². The van der Waals surface area contributed by atoms with E-state index in [0.29, 0.717) is 24.8 Å². The normalized spacial score (nSPS) is 12.8. The number of aliphatic imine (C=N–C) groups is 1. The lowest BCUT2D eigenvalue weighted by Gasteiger charge is -2.17. The minimum atomic E-state index is -0.277. The molecule has 1 unspecified atom stereocenters. The van der Waals surface area contributed by atoms with Crippen LogP contribution in [0.1, 0.15) is 12.7 Å². The highest BCUT2D eigenvalue weighted by molar-refractivity contribution is 5.79. The van der Waals surface area contributed by atoms with Gasteiger partial charge in [0.25, 0.3) is 0 Å². The second-order valence-electron chi connectivity index (χ2n) is 4.77. The molecule has 0 aliphatic heterocycles. The standard InChI is InChI=1S/C16H20FN3O2/c1-12(22-14-7-5-13(17)6-8-14)10-19-16(18-2)20-11-15-4-3-9-21-15/h3-9,12H,10-11H2,1-2H3,(H2,18,19,20). The SMILES string of the molecule is CN=C(NCc1ccco1)NCC(C)Oc1ccc(F)cc1. The Morgan fingerprint density at radius 3 is 2.68 bits per heavy atom. The summed E-state index contributed by atoms with van der Waals surface area (Å²) in [6, 6.07) is 9.69. The Morgan fingerprint density at radius 2 is 2.05 bits per heavy atom. The zero-order valence-electron chi connectivity index (χ0n) is 12.7. The van der Waals surface area contributed by atoms with Crippen LogP contribution in [-0.4, -0.2) is 25.7 Å². The van der Waals surface area contributed by atoms with Crippen molar-refractivity contribution in [1.82, 2.24) is 10.6 Å². The lowest BCUT2D eigenvalue weighted by molar-refractivity contribution is 0.223. The quantitative estimate of drug-likeness (QED) is 0.636. The van der Waals surface area contributed by atoms with Crippen molar-refractivity contribution >= 4 is 5.96 Å². The summed E-state index contributed by atoms with van der Waals surface area (Å²) in [6.45, 7) is 3.05. The Kier molecular flexibility index (Phi) is 5.82. The molecule has 0 aliphatic rings. The van der Waals surface area contributed by atoms with Gasteiger partial charge in [0.15, 0.2) is 5.96 Å². The molecule has 118 valence electrons. The van der Waals surface area contributed by atoms with E-state index in [1.54, 1.807) is 25.4 Å². The highest BCUT2D eigenvalue weighted by atomic mass is 19.1. The molecule has 2 N–H and O–H groups in total. The van der Waals surface area contributed by atoms with Gasteiger partial charge in [-0.15, -0.1) is 0 Å². The van der Waals surface area contributed by atoms with Crippen LogP contribution in [0.15, 0.2) is 52.1 Å². The summed E-state index contributed by atoms with van der Waals surface area (Å²) >= 11 is 0. The van der Waals surface area contributed by atoms with Crippen molar-refractivity contribution in [3.8, 4) is 5.75 Å². The summed E-state index contributed by atoms with van der Waals surface area (Å²) in [5.74, 6) is 1.85. The zero-order chi connectivity index (χ0) is 15.8. The van der Waals surface area contributed by atoms with E-state index < -0.39 is 0 Å². The lowest BCUT2D eigenvalue weighted by atomic mass is 10.3. The second kappa shape index (κ2) is 8.07. The van der Waals surface area contributed by atoms with E-state index in [1.807, 2.05) is 19.1 Å². The van der Waals surface area contributed by atoms with Crippen LogP contribution in [0.3, 0.4) is 0 Å². The van der Waals surface area contributed by atoms with Gasteiger partial charge in [-0.05, 0) is 43.3 Å². The van der Waals surface area contributed by atoms with Gasteiger partial charge in [0.1, 0.15) is 23.4 Å². The molecule has 1 heterocycles. The van der Waals surface area contributed by atoms with Crippen LogP contribution in [0.25, 0.3) is 0 Å².